The quantitative estimate of drug-likeness (QED) is 0.719. The van der Waals surface area contributed by atoms with E-state index in [4.69, 9.17) is 11.6 Å². The van der Waals surface area contributed by atoms with Crippen LogP contribution in [0.25, 0.3) is 0 Å². The second-order valence-corrected chi connectivity index (χ2v) is 6.55. The molecule has 0 saturated heterocycles. The smallest absolute Gasteiger partial charge is 0.163 e. The summed E-state index contributed by atoms with van der Waals surface area (Å²) in [7, 11) is 0. The van der Waals surface area contributed by atoms with Crippen molar-refractivity contribution in [3.63, 3.8) is 0 Å². The lowest BCUT2D eigenvalue weighted by molar-refractivity contribution is -0.121. The minimum Gasteiger partial charge on any atom is -0.299 e. The Hall–Kier alpha value is -1.93. The molecule has 3 rings (SSSR count). The van der Waals surface area contributed by atoms with Gasteiger partial charge in [0.05, 0.1) is 0 Å². The Balaban J connectivity index is 1.87. The van der Waals surface area contributed by atoms with Gasteiger partial charge >= 0.3 is 0 Å². The number of ketones is 2. The van der Waals surface area contributed by atoms with Crippen LogP contribution in [0.4, 0.5) is 0 Å². The second kappa shape index (κ2) is 7.10. The van der Waals surface area contributed by atoms with Crippen molar-refractivity contribution in [1.82, 2.24) is 0 Å². The van der Waals surface area contributed by atoms with Crippen LogP contribution in [0.3, 0.4) is 0 Å². The Morgan fingerprint density at radius 1 is 1.09 bits per heavy atom. The average Bonchev–Trinajstić information content (AvgIpc) is 3.00. The van der Waals surface area contributed by atoms with Crippen molar-refractivity contribution in [2.45, 2.75) is 31.6 Å². The van der Waals surface area contributed by atoms with E-state index in [1.165, 1.54) is 0 Å². The van der Waals surface area contributed by atoms with Gasteiger partial charge in [-0.05, 0) is 30.5 Å². The van der Waals surface area contributed by atoms with E-state index in [1.54, 1.807) is 0 Å². The molecule has 1 fully saturated rings. The van der Waals surface area contributed by atoms with E-state index < -0.39 is 0 Å². The maximum atomic E-state index is 12.6. The van der Waals surface area contributed by atoms with Gasteiger partial charge in [-0.2, -0.15) is 0 Å². The summed E-state index contributed by atoms with van der Waals surface area (Å²) in [6.07, 6.45) is 2.79. The van der Waals surface area contributed by atoms with E-state index in [1.807, 2.05) is 54.6 Å². The van der Waals surface area contributed by atoms with Crippen LogP contribution in [0.2, 0.25) is 5.02 Å². The summed E-state index contributed by atoms with van der Waals surface area (Å²) in [6, 6.07) is 16.8. The number of hydrogen-bond donors (Lipinski definition) is 0. The van der Waals surface area contributed by atoms with Crippen LogP contribution in [0, 0.1) is 5.92 Å². The molecule has 0 radical (unpaired) electrons. The number of carbonyl (C=O) groups excluding carboxylic acids is 2. The fourth-order valence-electron chi connectivity index (χ4n) is 3.41. The van der Waals surface area contributed by atoms with Gasteiger partial charge in [-0.1, -0.05) is 54.1 Å². The minimum atomic E-state index is -0.0602. The minimum absolute atomic E-state index is 0.0520. The van der Waals surface area contributed by atoms with Crippen molar-refractivity contribution in [2.24, 2.45) is 5.92 Å². The average molecular weight is 327 g/mol. The molecule has 3 heteroatoms. The van der Waals surface area contributed by atoms with Crippen LogP contribution in [0.5, 0.6) is 0 Å². The molecule has 2 atom stereocenters. The van der Waals surface area contributed by atoms with Crippen molar-refractivity contribution < 1.29 is 9.59 Å². The van der Waals surface area contributed by atoms with Gasteiger partial charge in [-0.15, -0.1) is 0 Å². The molecular formula is C20H19ClO2. The third-order valence-corrected chi connectivity index (χ3v) is 4.89. The molecule has 1 aliphatic rings. The maximum absolute atomic E-state index is 12.6. The monoisotopic (exact) mass is 326 g/mol. The summed E-state index contributed by atoms with van der Waals surface area (Å²) in [5.41, 5.74) is 1.73. The number of carbonyl (C=O) groups is 2. The van der Waals surface area contributed by atoms with Gasteiger partial charge in [0, 0.05) is 35.3 Å². The van der Waals surface area contributed by atoms with Gasteiger partial charge in [0.25, 0.3) is 0 Å². The molecule has 0 bridgehead atoms. The predicted molar refractivity (Wildman–Crippen MR) is 91.9 cm³/mol. The molecule has 0 amide bonds. The van der Waals surface area contributed by atoms with E-state index >= 15 is 0 Å². The highest BCUT2D eigenvalue weighted by molar-refractivity contribution is 6.30. The second-order valence-electron chi connectivity index (χ2n) is 6.12. The van der Waals surface area contributed by atoms with Gasteiger partial charge in [0.15, 0.2) is 5.78 Å². The Kier molecular flexibility index (Phi) is 4.92. The van der Waals surface area contributed by atoms with Crippen LogP contribution in [0.15, 0.2) is 54.6 Å². The molecule has 0 aromatic heterocycles. The van der Waals surface area contributed by atoms with E-state index in [9.17, 15) is 9.59 Å². The van der Waals surface area contributed by atoms with Crippen molar-refractivity contribution in [1.29, 1.82) is 0 Å². The molecule has 1 aliphatic carbocycles. The first-order valence-corrected chi connectivity index (χ1v) is 8.39. The van der Waals surface area contributed by atoms with Gasteiger partial charge in [-0.3, -0.25) is 9.59 Å². The Bertz CT molecular complexity index is 691. The molecule has 0 aliphatic heterocycles. The van der Waals surface area contributed by atoms with Crippen LogP contribution in [0.1, 0.15) is 47.5 Å². The number of benzene rings is 2. The molecule has 2 aromatic rings. The van der Waals surface area contributed by atoms with Crippen molar-refractivity contribution >= 4 is 23.2 Å². The highest BCUT2D eigenvalue weighted by atomic mass is 35.5. The van der Waals surface area contributed by atoms with E-state index in [-0.39, 0.29) is 23.4 Å². The Labute approximate surface area is 141 Å². The first-order chi connectivity index (χ1) is 11.1. The van der Waals surface area contributed by atoms with E-state index in [0.717, 1.165) is 18.4 Å². The van der Waals surface area contributed by atoms with Gasteiger partial charge in [0.1, 0.15) is 5.78 Å². The molecule has 0 heterocycles. The van der Waals surface area contributed by atoms with Crippen LogP contribution in [-0.4, -0.2) is 11.6 Å². The highest BCUT2D eigenvalue weighted by Gasteiger charge is 2.34. The van der Waals surface area contributed by atoms with Crippen molar-refractivity contribution in [3.8, 4) is 0 Å². The summed E-state index contributed by atoms with van der Waals surface area (Å²) >= 11 is 5.97. The third-order valence-electron chi connectivity index (χ3n) is 4.64. The fraction of sp³-hybridized carbons (Fsp3) is 0.300. The number of rotatable bonds is 5. The van der Waals surface area contributed by atoms with Gasteiger partial charge < -0.3 is 0 Å². The standard InChI is InChI=1S/C20H19ClO2/c21-16-11-9-14(10-12-16)18(17-7-4-8-19(17)22)13-20(23)15-5-2-1-3-6-15/h1-3,5-6,9-12,17-18H,4,7-8,13H2/t17-,18+/m0/s1. The molecule has 2 aromatic carbocycles. The molecule has 2 nitrogen and oxygen atoms in total. The fourth-order valence-corrected chi connectivity index (χ4v) is 3.54. The molecule has 0 spiro atoms. The van der Waals surface area contributed by atoms with Crippen LogP contribution in [-0.2, 0) is 4.79 Å². The number of hydrogen-bond acceptors (Lipinski definition) is 2. The molecule has 0 unspecified atom stereocenters. The summed E-state index contributed by atoms with van der Waals surface area (Å²) in [4.78, 5) is 24.9. The first kappa shape index (κ1) is 15.9. The SMILES string of the molecule is O=C(C[C@H](c1ccc(Cl)cc1)[C@@H]1CCCC1=O)c1ccccc1. The maximum Gasteiger partial charge on any atom is 0.163 e. The molecular weight excluding hydrogens is 308 g/mol. The normalized spacial score (nSPS) is 18.8. The van der Waals surface area contributed by atoms with Gasteiger partial charge in [-0.25, -0.2) is 0 Å². The van der Waals surface area contributed by atoms with Crippen LogP contribution >= 0.6 is 11.6 Å². The lowest BCUT2D eigenvalue weighted by atomic mass is 9.80. The summed E-state index contributed by atoms with van der Waals surface area (Å²) < 4.78 is 0. The summed E-state index contributed by atoms with van der Waals surface area (Å²) in [6.45, 7) is 0. The zero-order valence-electron chi connectivity index (χ0n) is 12.9. The lowest BCUT2D eigenvalue weighted by Crippen LogP contribution is -2.20. The Morgan fingerprint density at radius 3 is 2.39 bits per heavy atom. The van der Waals surface area contributed by atoms with E-state index in [0.29, 0.717) is 23.4 Å². The van der Waals surface area contributed by atoms with Crippen molar-refractivity contribution in [3.05, 3.63) is 70.7 Å². The zero-order chi connectivity index (χ0) is 16.2. The molecule has 118 valence electrons. The topological polar surface area (TPSA) is 34.1 Å². The summed E-state index contributed by atoms with van der Waals surface area (Å²) in [5.74, 6) is 0.259. The largest absolute Gasteiger partial charge is 0.299 e. The number of Topliss-reactive ketones (excluding diaryl/α,β-unsaturated/α-hetero) is 2. The Morgan fingerprint density at radius 2 is 1.78 bits per heavy atom. The van der Waals surface area contributed by atoms with Crippen molar-refractivity contribution in [2.75, 3.05) is 0 Å². The highest BCUT2D eigenvalue weighted by Crippen LogP contribution is 2.38. The molecule has 1 saturated carbocycles. The third kappa shape index (κ3) is 3.70. The molecule has 0 N–H and O–H groups in total. The summed E-state index contributed by atoms with van der Waals surface area (Å²) in [5, 5.41) is 0.666. The lowest BCUT2D eigenvalue weighted by Gasteiger charge is -2.22. The zero-order valence-corrected chi connectivity index (χ0v) is 13.6. The number of halogens is 1. The van der Waals surface area contributed by atoms with Gasteiger partial charge in [0.2, 0.25) is 0 Å². The molecule has 23 heavy (non-hydrogen) atoms. The van der Waals surface area contributed by atoms with E-state index in [2.05, 4.69) is 0 Å². The predicted octanol–water partition coefficient (Wildman–Crippen LogP) is 5.07. The first-order valence-electron chi connectivity index (χ1n) is 8.01. The van der Waals surface area contributed by atoms with Crippen LogP contribution < -0.4 is 0 Å².